The van der Waals surface area contributed by atoms with Gasteiger partial charge >= 0.3 is 5.97 Å². The first kappa shape index (κ1) is 12.4. The molecule has 0 aliphatic heterocycles. The van der Waals surface area contributed by atoms with Crippen LogP contribution in [0.25, 0.3) is 0 Å². The molecule has 13 heavy (non-hydrogen) atoms. The molecule has 0 aromatic rings. The molecule has 0 aromatic carbocycles. The van der Waals surface area contributed by atoms with E-state index in [4.69, 9.17) is 9.84 Å². The van der Waals surface area contributed by atoms with Crippen LogP contribution in [-0.4, -0.2) is 23.8 Å². The maximum atomic E-state index is 11.0. The summed E-state index contributed by atoms with van der Waals surface area (Å²) in [5.41, 5.74) is 0. The van der Waals surface area contributed by atoms with Crippen LogP contribution in [0.2, 0.25) is 0 Å². The van der Waals surface area contributed by atoms with Gasteiger partial charge in [0.05, 0.1) is 6.61 Å². The summed E-state index contributed by atoms with van der Waals surface area (Å²) in [6, 6.07) is 0. The van der Waals surface area contributed by atoms with Gasteiger partial charge in [-0.25, -0.2) is 4.79 Å². The molecule has 2 atom stereocenters. The van der Waals surface area contributed by atoms with Gasteiger partial charge in [0, 0.05) is 0 Å². The zero-order chi connectivity index (χ0) is 10.3. The summed E-state index contributed by atoms with van der Waals surface area (Å²) in [6.07, 6.45) is 1.44. The maximum Gasteiger partial charge on any atom is 0.334 e. The highest BCUT2D eigenvalue weighted by Crippen LogP contribution is 2.06. The Balaban J connectivity index is 3.47. The second kappa shape index (κ2) is 6.89. The molecule has 0 heterocycles. The Morgan fingerprint density at radius 1 is 1.38 bits per heavy atom. The lowest BCUT2D eigenvalue weighted by Crippen LogP contribution is -2.22. The highest BCUT2D eigenvalue weighted by atomic mass is 16.5. The van der Waals surface area contributed by atoms with E-state index in [0.29, 0.717) is 18.9 Å². The van der Waals surface area contributed by atoms with E-state index < -0.39 is 12.1 Å². The fourth-order valence-corrected chi connectivity index (χ4v) is 0.828. The first-order valence-corrected chi connectivity index (χ1v) is 4.96. The molecule has 0 aliphatic carbocycles. The van der Waals surface area contributed by atoms with Crippen molar-refractivity contribution in [1.82, 2.24) is 0 Å². The van der Waals surface area contributed by atoms with Gasteiger partial charge in [0.15, 0.2) is 6.10 Å². The molecule has 1 N–H and O–H groups in total. The number of hydrogen-bond acceptors (Lipinski definition) is 3. The zero-order valence-corrected chi connectivity index (χ0v) is 8.75. The SMILES string of the molecule is CCC(C)CCOC(=O)C(O)CC. The van der Waals surface area contributed by atoms with Crippen LogP contribution < -0.4 is 0 Å². The number of ether oxygens (including phenoxy) is 1. The lowest BCUT2D eigenvalue weighted by Gasteiger charge is -2.10. The highest BCUT2D eigenvalue weighted by Gasteiger charge is 2.13. The number of carbonyl (C=O) groups is 1. The number of esters is 1. The average Bonchev–Trinajstić information content (AvgIpc) is 2.15. The minimum absolute atomic E-state index is 0.419. The molecule has 78 valence electrons. The third-order valence-corrected chi connectivity index (χ3v) is 2.21. The van der Waals surface area contributed by atoms with Gasteiger partial charge in [-0.2, -0.15) is 0 Å². The van der Waals surface area contributed by atoms with Gasteiger partial charge < -0.3 is 9.84 Å². The van der Waals surface area contributed by atoms with Gasteiger partial charge in [-0.15, -0.1) is 0 Å². The summed E-state index contributed by atoms with van der Waals surface area (Å²) in [4.78, 5) is 11.0. The predicted octanol–water partition coefficient (Wildman–Crippen LogP) is 1.74. The first-order chi connectivity index (χ1) is 6.11. The number of aliphatic hydroxyl groups excluding tert-OH is 1. The van der Waals surface area contributed by atoms with Crippen molar-refractivity contribution in [3.63, 3.8) is 0 Å². The van der Waals surface area contributed by atoms with Gasteiger partial charge in [0.2, 0.25) is 0 Å². The second-order valence-electron chi connectivity index (χ2n) is 3.39. The number of hydrogen-bond donors (Lipinski definition) is 1. The van der Waals surface area contributed by atoms with Crippen LogP contribution in [0, 0.1) is 5.92 Å². The quantitative estimate of drug-likeness (QED) is 0.646. The van der Waals surface area contributed by atoms with Crippen LogP contribution in [0.4, 0.5) is 0 Å². The summed E-state index contributed by atoms with van der Waals surface area (Å²) in [5, 5.41) is 9.07. The van der Waals surface area contributed by atoms with Crippen LogP contribution in [0.5, 0.6) is 0 Å². The third kappa shape index (κ3) is 5.64. The molecular formula is C10H20O3. The van der Waals surface area contributed by atoms with E-state index in [9.17, 15) is 4.79 Å². The average molecular weight is 188 g/mol. The Hall–Kier alpha value is -0.570. The maximum absolute atomic E-state index is 11.0. The largest absolute Gasteiger partial charge is 0.464 e. The van der Waals surface area contributed by atoms with Crippen LogP contribution >= 0.6 is 0 Å². The Bertz CT molecular complexity index is 145. The summed E-state index contributed by atoms with van der Waals surface area (Å²) in [7, 11) is 0. The van der Waals surface area contributed by atoms with Gasteiger partial charge in [0.1, 0.15) is 0 Å². The molecule has 0 saturated heterocycles. The minimum Gasteiger partial charge on any atom is -0.464 e. The first-order valence-electron chi connectivity index (χ1n) is 4.96. The molecule has 0 aromatic heterocycles. The zero-order valence-electron chi connectivity index (χ0n) is 8.75. The molecule has 3 heteroatoms. The molecule has 0 fully saturated rings. The molecule has 0 aliphatic rings. The van der Waals surface area contributed by atoms with Crippen molar-refractivity contribution >= 4 is 5.97 Å². The van der Waals surface area contributed by atoms with E-state index in [2.05, 4.69) is 13.8 Å². The number of rotatable bonds is 6. The van der Waals surface area contributed by atoms with E-state index in [1.807, 2.05) is 0 Å². The van der Waals surface area contributed by atoms with Crippen LogP contribution in [-0.2, 0) is 9.53 Å². The second-order valence-corrected chi connectivity index (χ2v) is 3.39. The molecule has 0 rings (SSSR count). The monoisotopic (exact) mass is 188 g/mol. The van der Waals surface area contributed by atoms with Crippen molar-refractivity contribution in [3.8, 4) is 0 Å². The Kier molecular flexibility index (Phi) is 6.59. The fourth-order valence-electron chi connectivity index (χ4n) is 0.828. The molecule has 0 radical (unpaired) electrons. The highest BCUT2D eigenvalue weighted by molar-refractivity contribution is 5.74. The van der Waals surface area contributed by atoms with Gasteiger partial charge in [-0.3, -0.25) is 0 Å². The van der Waals surface area contributed by atoms with Gasteiger partial charge in [-0.1, -0.05) is 27.2 Å². The Labute approximate surface area is 80.1 Å². The number of carbonyl (C=O) groups excluding carboxylic acids is 1. The number of aliphatic hydroxyl groups is 1. The Morgan fingerprint density at radius 2 is 2.00 bits per heavy atom. The lowest BCUT2D eigenvalue weighted by molar-refractivity contribution is -0.153. The lowest BCUT2D eigenvalue weighted by atomic mass is 10.1. The van der Waals surface area contributed by atoms with Crippen LogP contribution in [0.15, 0.2) is 0 Å². The van der Waals surface area contributed by atoms with Crippen molar-refractivity contribution < 1.29 is 14.6 Å². The van der Waals surface area contributed by atoms with Gasteiger partial charge in [0.25, 0.3) is 0 Å². The molecule has 0 bridgehead atoms. The molecule has 2 unspecified atom stereocenters. The van der Waals surface area contributed by atoms with Crippen molar-refractivity contribution in [3.05, 3.63) is 0 Å². The predicted molar refractivity (Wildman–Crippen MR) is 51.3 cm³/mol. The smallest absolute Gasteiger partial charge is 0.334 e. The molecule has 3 nitrogen and oxygen atoms in total. The normalized spacial score (nSPS) is 15.1. The summed E-state index contributed by atoms with van der Waals surface area (Å²) in [6.45, 7) is 6.39. The van der Waals surface area contributed by atoms with Crippen molar-refractivity contribution in [2.75, 3.05) is 6.61 Å². The minimum atomic E-state index is -0.947. The summed E-state index contributed by atoms with van der Waals surface area (Å²) < 4.78 is 4.88. The van der Waals surface area contributed by atoms with Crippen LogP contribution in [0.1, 0.15) is 40.0 Å². The van der Waals surface area contributed by atoms with E-state index in [1.54, 1.807) is 6.92 Å². The van der Waals surface area contributed by atoms with Crippen molar-refractivity contribution in [1.29, 1.82) is 0 Å². The molecule has 0 amide bonds. The van der Waals surface area contributed by atoms with Crippen molar-refractivity contribution in [2.24, 2.45) is 5.92 Å². The van der Waals surface area contributed by atoms with E-state index in [0.717, 1.165) is 12.8 Å². The molecule has 0 saturated carbocycles. The van der Waals surface area contributed by atoms with E-state index >= 15 is 0 Å². The summed E-state index contributed by atoms with van der Waals surface area (Å²) in [5.74, 6) is 0.0809. The van der Waals surface area contributed by atoms with E-state index in [-0.39, 0.29) is 0 Å². The van der Waals surface area contributed by atoms with Crippen molar-refractivity contribution in [2.45, 2.75) is 46.1 Å². The third-order valence-electron chi connectivity index (χ3n) is 2.21. The molecule has 0 spiro atoms. The molecular weight excluding hydrogens is 168 g/mol. The standard InChI is InChI=1S/C10H20O3/c1-4-8(3)6-7-13-10(12)9(11)5-2/h8-9,11H,4-7H2,1-3H3. The van der Waals surface area contributed by atoms with Gasteiger partial charge in [-0.05, 0) is 18.8 Å². The topological polar surface area (TPSA) is 46.5 Å². The fraction of sp³-hybridized carbons (Fsp3) is 0.900. The van der Waals surface area contributed by atoms with E-state index in [1.165, 1.54) is 0 Å². The van der Waals surface area contributed by atoms with Crippen LogP contribution in [0.3, 0.4) is 0 Å². The Morgan fingerprint density at radius 3 is 2.46 bits per heavy atom. The summed E-state index contributed by atoms with van der Waals surface area (Å²) >= 11 is 0.